The summed E-state index contributed by atoms with van der Waals surface area (Å²) in [5.41, 5.74) is 0.195. The Morgan fingerprint density at radius 1 is 1.07 bits per heavy atom. The molecule has 27 heavy (non-hydrogen) atoms. The third-order valence-corrected chi connectivity index (χ3v) is 3.72. The first-order valence-electron chi connectivity index (χ1n) is 8.11. The Morgan fingerprint density at radius 2 is 1.78 bits per heavy atom. The van der Waals surface area contributed by atoms with Gasteiger partial charge in [0.25, 0.3) is 11.8 Å². The second-order valence-electron chi connectivity index (χ2n) is 5.55. The van der Waals surface area contributed by atoms with Crippen LogP contribution in [0.2, 0.25) is 0 Å². The van der Waals surface area contributed by atoms with E-state index in [9.17, 15) is 14.4 Å². The van der Waals surface area contributed by atoms with Crippen molar-refractivity contribution in [3.63, 3.8) is 0 Å². The number of benzene rings is 2. The molecule has 0 saturated carbocycles. The lowest BCUT2D eigenvalue weighted by molar-refractivity contribution is -0.157. The van der Waals surface area contributed by atoms with E-state index in [0.717, 1.165) is 0 Å². The maximum absolute atomic E-state index is 12.1. The van der Waals surface area contributed by atoms with E-state index in [4.69, 9.17) is 18.9 Å². The molecule has 1 atom stereocenters. The van der Waals surface area contributed by atoms with Crippen molar-refractivity contribution in [2.45, 2.75) is 6.10 Å². The molecule has 0 radical (unpaired) electrons. The lowest BCUT2D eigenvalue weighted by Gasteiger charge is -2.24. The van der Waals surface area contributed by atoms with Crippen molar-refractivity contribution in [2.75, 3.05) is 20.3 Å². The van der Waals surface area contributed by atoms with E-state index in [1.54, 1.807) is 42.5 Å². The van der Waals surface area contributed by atoms with Crippen LogP contribution < -0.4 is 19.5 Å². The monoisotopic (exact) mass is 371 g/mol. The maximum Gasteiger partial charge on any atom is 0.351 e. The van der Waals surface area contributed by atoms with E-state index < -0.39 is 30.5 Å². The van der Waals surface area contributed by atoms with Gasteiger partial charge in [0.15, 0.2) is 18.1 Å². The highest BCUT2D eigenvalue weighted by Gasteiger charge is 2.29. The van der Waals surface area contributed by atoms with Gasteiger partial charge in [-0.15, -0.1) is 0 Å². The molecule has 0 saturated heterocycles. The van der Waals surface area contributed by atoms with Crippen molar-refractivity contribution in [1.29, 1.82) is 0 Å². The van der Waals surface area contributed by atoms with Crippen LogP contribution in [0, 0.1) is 0 Å². The van der Waals surface area contributed by atoms with E-state index in [1.807, 2.05) is 0 Å². The molecule has 140 valence electrons. The smallest absolute Gasteiger partial charge is 0.351 e. The Labute approximate surface area is 155 Å². The number of imide groups is 1. The van der Waals surface area contributed by atoms with Gasteiger partial charge in [-0.2, -0.15) is 0 Å². The van der Waals surface area contributed by atoms with Gasteiger partial charge in [-0.3, -0.25) is 14.9 Å². The largest absolute Gasteiger partial charge is 0.496 e. The minimum atomic E-state index is -0.988. The van der Waals surface area contributed by atoms with Gasteiger partial charge in [0, 0.05) is 0 Å². The molecule has 0 fully saturated rings. The predicted molar refractivity (Wildman–Crippen MR) is 92.8 cm³/mol. The number of hydrogen-bond donors (Lipinski definition) is 1. The van der Waals surface area contributed by atoms with Crippen LogP contribution in [-0.2, 0) is 14.3 Å². The van der Waals surface area contributed by atoms with Gasteiger partial charge in [-0.25, -0.2) is 4.79 Å². The molecular formula is C19H17NO7. The average Bonchev–Trinajstić information content (AvgIpc) is 2.71. The first-order valence-corrected chi connectivity index (χ1v) is 8.11. The number of para-hydroxylation sites is 3. The quantitative estimate of drug-likeness (QED) is 0.792. The highest BCUT2D eigenvalue weighted by Crippen LogP contribution is 2.31. The zero-order valence-corrected chi connectivity index (χ0v) is 14.5. The Balaban J connectivity index is 1.50. The van der Waals surface area contributed by atoms with E-state index >= 15 is 0 Å². The molecule has 8 heteroatoms. The highest BCUT2D eigenvalue weighted by atomic mass is 16.6. The minimum absolute atomic E-state index is 0.0301. The molecule has 1 heterocycles. The molecule has 2 aromatic rings. The second-order valence-corrected chi connectivity index (χ2v) is 5.55. The van der Waals surface area contributed by atoms with E-state index in [0.29, 0.717) is 17.2 Å². The number of nitrogens with one attached hydrogen (secondary N) is 1. The fraction of sp³-hybridized carbons (Fsp3) is 0.211. The number of rotatable bonds is 5. The average molecular weight is 371 g/mol. The number of amides is 2. The van der Waals surface area contributed by atoms with Crippen molar-refractivity contribution in [3.05, 3.63) is 54.1 Å². The molecule has 1 N–H and O–H groups in total. The second kappa shape index (κ2) is 8.22. The van der Waals surface area contributed by atoms with Gasteiger partial charge in [-0.05, 0) is 24.3 Å². The summed E-state index contributed by atoms with van der Waals surface area (Å²) in [5.74, 6) is -0.908. The summed E-state index contributed by atoms with van der Waals surface area (Å²) >= 11 is 0. The molecule has 0 spiro atoms. The summed E-state index contributed by atoms with van der Waals surface area (Å²) in [6, 6.07) is 13.3. The highest BCUT2D eigenvalue weighted by molar-refractivity contribution is 6.06. The number of ether oxygens (including phenoxy) is 4. The summed E-state index contributed by atoms with van der Waals surface area (Å²) in [7, 11) is 1.42. The topological polar surface area (TPSA) is 100 Å². The molecule has 1 aliphatic heterocycles. The maximum atomic E-state index is 12.1. The van der Waals surface area contributed by atoms with Crippen LogP contribution in [-0.4, -0.2) is 44.2 Å². The molecule has 8 nitrogen and oxygen atoms in total. The fourth-order valence-electron chi connectivity index (χ4n) is 2.43. The normalized spacial score (nSPS) is 14.8. The van der Waals surface area contributed by atoms with Crippen LogP contribution in [0.15, 0.2) is 48.5 Å². The van der Waals surface area contributed by atoms with Gasteiger partial charge in [0.1, 0.15) is 12.4 Å². The Morgan fingerprint density at radius 3 is 2.56 bits per heavy atom. The standard InChI is InChI=1S/C19H17NO7/c1-24-13-7-3-2-6-12(13)18(22)20-17(21)11-26-19(23)16-10-25-14-8-4-5-9-15(14)27-16/h2-9,16H,10-11H2,1H3,(H,20,21,22)/t16-/m0/s1. The molecule has 0 aliphatic carbocycles. The van der Waals surface area contributed by atoms with E-state index in [1.165, 1.54) is 13.2 Å². The summed E-state index contributed by atoms with van der Waals surface area (Å²) in [5, 5.41) is 2.14. The number of carbonyl (C=O) groups excluding carboxylic acids is 3. The van der Waals surface area contributed by atoms with Crippen LogP contribution >= 0.6 is 0 Å². The van der Waals surface area contributed by atoms with Crippen LogP contribution in [0.5, 0.6) is 17.2 Å². The zero-order valence-electron chi connectivity index (χ0n) is 14.5. The first-order chi connectivity index (χ1) is 13.1. The summed E-state index contributed by atoms with van der Waals surface area (Å²) in [4.78, 5) is 36.1. The number of esters is 1. The van der Waals surface area contributed by atoms with Gasteiger partial charge in [0.2, 0.25) is 6.10 Å². The van der Waals surface area contributed by atoms with Crippen LogP contribution in [0.25, 0.3) is 0 Å². The number of hydrogen-bond acceptors (Lipinski definition) is 7. The third-order valence-electron chi connectivity index (χ3n) is 3.72. The number of fused-ring (bicyclic) bond motifs is 1. The molecule has 0 bridgehead atoms. The lowest BCUT2D eigenvalue weighted by Crippen LogP contribution is -2.40. The van der Waals surface area contributed by atoms with Crippen LogP contribution in [0.4, 0.5) is 0 Å². The van der Waals surface area contributed by atoms with Crippen molar-refractivity contribution < 1.29 is 33.3 Å². The predicted octanol–water partition coefficient (Wildman–Crippen LogP) is 1.33. The van der Waals surface area contributed by atoms with Crippen LogP contribution in [0.3, 0.4) is 0 Å². The number of methoxy groups -OCH3 is 1. The van der Waals surface area contributed by atoms with Crippen molar-refractivity contribution in [1.82, 2.24) is 5.32 Å². The van der Waals surface area contributed by atoms with Crippen LogP contribution in [0.1, 0.15) is 10.4 Å². The molecular weight excluding hydrogens is 354 g/mol. The summed E-state index contributed by atoms with van der Waals surface area (Å²) in [6.45, 7) is -0.654. The zero-order chi connectivity index (χ0) is 19.2. The molecule has 3 rings (SSSR count). The molecule has 0 aromatic heterocycles. The molecule has 2 aromatic carbocycles. The minimum Gasteiger partial charge on any atom is -0.496 e. The Hall–Kier alpha value is -3.55. The number of carbonyl (C=O) groups is 3. The van der Waals surface area contributed by atoms with Gasteiger partial charge in [-0.1, -0.05) is 24.3 Å². The third kappa shape index (κ3) is 4.35. The van der Waals surface area contributed by atoms with E-state index in [2.05, 4.69) is 5.32 Å². The summed E-state index contributed by atoms with van der Waals surface area (Å²) < 4.78 is 20.9. The van der Waals surface area contributed by atoms with Gasteiger partial charge in [0.05, 0.1) is 12.7 Å². The molecule has 1 aliphatic rings. The van der Waals surface area contributed by atoms with Crippen molar-refractivity contribution in [3.8, 4) is 17.2 Å². The Kier molecular flexibility index (Phi) is 5.55. The van der Waals surface area contributed by atoms with Crippen molar-refractivity contribution >= 4 is 17.8 Å². The molecule has 0 unspecified atom stereocenters. The lowest BCUT2D eigenvalue weighted by atomic mass is 10.2. The van der Waals surface area contributed by atoms with Crippen molar-refractivity contribution in [2.24, 2.45) is 0 Å². The summed E-state index contributed by atoms with van der Waals surface area (Å²) in [6.07, 6.45) is -0.988. The van der Waals surface area contributed by atoms with Gasteiger partial charge < -0.3 is 18.9 Å². The fourth-order valence-corrected chi connectivity index (χ4v) is 2.43. The Bertz CT molecular complexity index is 865. The van der Waals surface area contributed by atoms with Gasteiger partial charge >= 0.3 is 5.97 Å². The molecule has 2 amide bonds. The SMILES string of the molecule is COc1ccccc1C(=O)NC(=O)COC(=O)[C@@H]1COc2ccccc2O1. The van der Waals surface area contributed by atoms with E-state index in [-0.39, 0.29) is 12.2 Å². The first kappa shape index (κ1) is 18.2.